The Labute approximate surface area is 344 Å². The topological polar surface area (TPSA) is 99.1 Å². The summed E-state index contributed by atoms with van der Waals surface area (Å²) in [5.41, 5.74) is 0. The number of aliphatic carboxylic acids is 1. The molecule has 0 aliphatic rings. The summed E-state index contributed by atoms with van der Waals surface area (Å²) in [6.45, 7) is 4.63. The summed E-state index contributed by atoms with van der Waals surface area (Å²) in [5, 5.41) is 9.62. The van der Waals surface area contributed by atoms with Crippen LogP contribution >= 0.6 is 0 Å². The minimum atomic E-state index is -0.875. The zero-order valence-electron chi connectivity index (χ0n) is 37.1. The number of carbonyl (C=O) groups excluding carboxylic acids is 2. The highest BCUT2D eigenvalue weighted by Gasteiger charge is 2.31. The maximum atomic E-state index is 12.7. The molecular formula is C48H88NO7+. The van der Waals surface area contributed by atoms with Gasteiger partial charge in [-0.3, -0.25) is 9.59 Å². The highest BCUT2D eigenvalue weighted by Crippen LogP contribution is 2.15. The minimum absolute atomic E-state index is 0.0494. The van der Waals surface area contributed by atoms with Gasteiger partial charge in [0.05, 0.1) is 34.4 Å². The van der Waals surface area contributed by atoms with E-state index in [1.165, 1.54) is 109 Å². The fraction of sp³-hybridized carbons (Fsp3) is 0.812. The summed E-state index contributed by atoms with van der Waals surface area (Å²) in [7, 11) is 5.53. The number of hydrogen-bond donors (Lipinski definition) is 1. The molecule has 0 saturated carbocycles. The number of likely N-dealkylation sites (N-methyl/N-ethyl adjacent to an activating group) is 1. The Morgan fingerprint density at radius 1 is 0.554 bits per heavy atom. The maximum Gasteiger partial charge on any atom is 0.362 e. The smallest absolute Gasteiger partial charge is 0.362 e. The molecule has 0 bridgehead atoms. The molecular weight excluding hydrogens is 703 g/mol. The lowest BCUT2D eigenvalue weighted by atomic mass is 10.0. The third-order valence-corrected chi connectivity index (χ3v) is 10.3. The van der Waals surface area contributed by atoms with Crippen LogP contribution in [-0.4, -0.2) is 80.6 Å². The molecule has 0 rings (SSSR count). The van der Waals surface area contributed by atoms with Crippen molar-refractivity contribution in [2.24, 2.45) is 0 Å². The van der Waals surface area contributed by atoms with E-state index in [1.54, 1.807) is 0 Å². The Bertz CT molecular complexity index is 1020. The van der Waals surface area contributed by atoms with Crippen LogP contribution in [0.15, 0.2) is 36.5 Å². The van der Waals surface area contributed by atoms with Crippen LogP contribution in [0.1, 0.15) is 200 Å². The summed E-state index contributed by atoms with van der Waals surface area (Å²) >= 11 is 0. The third kappa shape index (κ3) is 37.1. The van der Waals surface area contributed by atoms with E-state index in [0.717, 1.165) is 57.8 Å². The Morgan fingerprint density at radius 3 is 1.48 bits per heavy atom. The van der Waals surface area contributed by atoms with Crippen LogP contribution in [0.3, 0.4) is 0 Å². The molecule has 0 radical (unpaired) electrons. The number of quaternary nitrogens is 1. The van der Waals surface area contributed by atoms with Crippen molar-refractivity contribution >= 4 is 17.9 Å². The van der Waals surface area contributed by atoms with Gasteiger partial charge < -0.3 is 23.8 Å². The van der Waals surface area contributed by atoms with Crippen molar-refractivity contribution in [3.05, 3.63) is 36.5 Å². The number of carboxylic acids is 1. The highest BCUT2D eigenvalue weighted by molar-refractivity contribution is 5.72. The van der Waals surface area contributed by atoms with Crippen molar-refractivity contribution in [1.29, 1.82) is 0 Å². The zero-order valence-corrected chi connectivity index (χ0v) is 37.1. The molecule has 0 amide bonds. The molecule has 0 spiro atoms. The molecule has 0 heterocycles. The third-order valence-electron chi connectivity index (χ3n) is 10.3. The van der Waals surface area contributed by atoms with E-state index in [9.17, 15) is 19.5 Å². The van der Waals surface area contributed by atoms with Crippen molar-refractivity contribution < 1.29 is 38.2 Å². The second-order valence-electron chi connectivity index (χ2n) is 16.6. The predicted molar refractivity (Wildman–Crippen MR) is 234 cm³/mol. The number of esters is 2. The van der Waals surface area contributed by atoms with Crippen molar-refractivity contribution in [3.63, 3.8) is 0 Å². The number of nitrogens with zero attached hydrogens (tertiary/aromatic N) is 1. The second-order valence-corrected chi connectivity index (χ2v) is 16.6. The van der Waals surface area contributed by atoms with Gasteiger partial charge in [0.25, 0.3) is 0 Å². The lowest BCUT2D eigenvalue weighted by Crippen LogP contribution is -2.50. The molecule has 0 aromatic carbocycles. The molecule has 0 fully saturated rings. The molecule has 8 heteroatoms. The van der Waals surface area contributed by atoms with Crippen molar-refractivity contribution in [1.82, 2.24) is 0 Å². The number of unbranched alkanes of at least 4 members (excludes halogenated alkanes) is 21. The van der Waals surface area contributed by atoms with Gasteiger partial charge in [-0.05, 0) is 44.9 Å². The van der Waals surface area contributed by atoms with E-state index in [0.29, 0.717) is 19.3 Å². The van der Waals surface area contributed by atoms with Crippen LogP contribution in [0.2, 0.25) is 0 Å². The van der Waals surface area contributed by atoms with Crippen molar-refractivity contribution in [3.8, 4) is 0 Å². The van der Waals surface area contributed by atoms with E-state index >= 15 is 0 Å². The van der Waals surface area contributed by atoms with E-state index in [-0.39, 0.29) is 36.2 Å². The van der Waals surface area contributed by atoms with Gasteiger partial charge in [0.15, 0.2) is 12.1 Å². The van der Waals surface area contributed by atoms with Crippen molar-refractivity contribution in [2.75, 3.05) is 41.0 Å². The SMILES string of the molecule is CC/C=C/C/C=C/C/C=C/CCCCCCCCCCCCC(=O)OC(COCCC(C(=O)O)[N+](C)(C)C)COC(=O)CCCCCCCCCCCCCC. The molecule has 8 nitrogen and oxygen atoms in total. The fourth-order valence-electron chi connectivity index (χ4n) is 6.75. The molecule has 326 valence electrons. The molecule has 2 atom stereocenters. The average molecular weight is 791 g/mol. The molecule has 1 N–H and O–H groups in total. The number of allylic oxidation sites excluding steroid dienone is 6. The molecule has 2 unspecified atom stereocenters. The van der Waals surface area contributed by atoms with Gasteiger partial charge in [-0.25, -0.2) is 4.79 Å². The summed E-state index contributed by atoms with van der Waals surface area (Å²) in [6.07, 6.45) is 44.7. The first-order valence-corrected chi connectivity index (χ1v) is 23.0. The lowest BCUT2D eigenvalue weighted by molar-refractivity contribution is -0.887. The quantitative estimate of drug-likeness (QED) is 0.0285. The Morgan fingerprint density at radius 2 is 1.00 bits per heavy atom. The van der Waals surface area contributed by atoms with Gasteiger partial charge in [0.2, 0.25) is 0 Å². The Hall–Kier alpha value is -2.45. The van der Waals surface area contributed by atoms with Gasteiger partial charge in [0, 0.05) is 19.3 Å². The first kappa shape index (κ1) is 53.6. The molecule has 0 saturated heterocycles. The molecule has 0 aromatic rings. The normalized spacial score (nSPS) is 13.2. The van der Waals surface area contributed by atoms with Crippen LogP contribution in [0, 0.1) is 0 Å². The standard InChI is InChI=1S/C48H87NO7/c1-6-8-10-12-14-16-18-20-21-22-23-24-25-26-27-29-31-33-35-37-39-47(51)56-44(42-54-41-40-45(48(52)53)49(3,4)5)43-55-46(50)38-36-34-32-30-28-19-17-15-13-11-9-7-2/h8,10,14,16,20-21,44-45H,6-7,9,11-13,15,17-19,22-43H2,1-5H3/p+1/b10-8+,16-14+,21-20+. The van der Waals surface area contributed by atoms with Crippen LogP contribution in [0.5, 0.6) is 0 Å². The molecule has 0 aliphatic carbocycles. The van der Waals surface area contributed by atoms with E-state index < -0.39 is 18.1 Å². The first-order valence-electron chi connectivity index (χ1n) is 23.0. The van der Waals surface area contributed by atoms with Gasteiger partial charge in [0.1, 0.15) is 6.61 Å². The van der Waals surface area contributed by atoms with Crippen LogP contribution < -0.4 is 0 Å². The van der Waals surface area contributed by atoms with E-state index in [1.807, 2.05) is 21.1 Å². The highest BCUT2D eigenvalue weighted by atomic mass is 16.6. The minimum Gasteiger partial charge on any atom is -0.477 e. The zero-order chi connectivity index (χ0) is 41.4. The molecule has 0 aromatic heterocycles. The summed E-state index contributed by atoms with van der Waals surface area (Å²) in [5.74, 6) is -1.46. The fourth-order valence-corrected chi connectivity index (χ4v) is 6.75. The van der Waals surface area contributed by atoms with Gasteiger partial charge in [-0.15, -0.1) is 0 Å². The Balaban J connectivity index is 4.27. The van der Waals surface area contributed by atoms with Gasteiger partial charge in [-0.1, -0.05) is 172 Å². The number of rotatable bonds is 41. The van der Waals surface area contributed by atoms with Crippen LogP contribution in [0.25, 0.3) is 0 Å². The summed E-state index contributed by atoms with van der Waals surface area (Å²) in [6, 6.07) is -0.613. The maximum absolute atomic E-state index is 12.7. The lowest BCUT2D eigenvalue weighted by Gasteiger charge is -2.31. The van der Waals surface area contributed by atoms with Gasteiger partial charge in [-0.2, -0.15) is 0 Å². The molecule has 0 aliphatic heterocycles. The van der Waals surface area contributed by atoms with E-state index in [2.05, 4.69) is 50.3 Å². The van der Waals surface area contributed by atoms with Crippen LogP contribution in [-0.2, 0) is 28.6 Å². The second kappa shape index (κ2) is 39.4. The van der Waals surface area contributed by atoms with E-state index in [4.69, 9.17) is 14.2 Å². The summed E-state index contributed by atoms with van der Waals surface area (Å²) < 4.78 is 17.3. The number of carbonyl (C=O) groups is 3. The number of ether oxygens (including phenoxy) is 3. The monoisotopic (exact) mass is 791 g/mol. The first-order chi connectivity index (χ1) is 27.1. The average Bonchev–Trinajstić information content (AvgIpc) is 3.15. The molecule has 56 heavy (non-hydrogen) atoms. The van der Waals surface area contributed by atoms with Crippen molar-refractivity contribution in [2.45, 2.75) is 212 Å². The Kier molecular flexibility index (Phi) is 37.7. The number of carboxylic acid groups (broad SMARTS) is 1. The summed E-state index contributed by atoms with van der Waals surface area (Å²) in [4.78, 5) is 37.0. The van der Waals surface area contributed by atoms with Gasteiger partial charge >= 0.3 is 17.9 Å². The van der Waals surface area contributed by atoms with Crippen LogP contribution in [0.4, 0.5) is 0 Å². The number of hydrogen-bond acceptors (Lipinski definition) is 6. The largest absolute Gasteiger partial charge is 0.477 e. The predicted octanol–water partition coefficient (Wildman–Crippen LogP) is 12.6.